The van der Waals surface area contributed by atoms with E-state index in [2.05, 4.69) is 5.32 Å². The van der Waals surface area contributed by atoms with Crippen LogP contribution in [0.4, 0.5) is 5.69 Å². The highest BCUT2D eigenvalue weighted by Gasteiger charge is 2.25. The molecule has 0 aliphatic carbocycles. The molecule has 0 radical (unpaired) electrons. The van der Waals surface area contributed by atoms with Crippen molar-refractivity contribution in [3.8, 4) is 0 Å². The first kappa shape index (κ1) is 27.8. The molecule has 1 heterocycles. The van der Waals surface area contributed by atoms with Gasteiger partial charge in [-0.25, -0.2) is 27.9 Å². The van der Waals surface area contributed by atoms with Crippen LogP contribution in [0.25, 0.3) is 0 Å². The van der Waals surface area contributed by atoms with E-state index in [0.29, 0.717) is 5.76 Å². The number of anilines is 1. The van der Waals surface area contributed by atoms with E-state index in [-0.39, 0.29) is 22.8 Å². The Morgan fingerprint density at radius 3 is 2.40 bits per heavy atom. The lowest BCUT2D eigenvalue weighted by atomic mass is 10.1. The van der Waals surface area contributed by atoms with E-state index in [4.69, 9.17) is 35.4 Å². The molecule has 0 unspecified atom stereocenters. The maximum atomic E-state index is 12.7. The number of Topliss-reactive ketones (excluding diaryl/α,β-unsaturated/α-hetero) is 1. The van der Waals surface area contributed by atoms with E-state index >= 15 is 0 Å². The van der Waals surface area contributed by atoms with Crippen molar-refractivity contribution < 1.29 is 46.2 Å². The second-order valence-electron chi connectivity index (χ2n) is 7.20. The molecule has 0 spiro atoms. The summed E-state index contributed by atoms with van der Waals surface area (Å²) in [6.45, 7) is 2.99. The summed E-state index contributed by atoms with van der Waals surface area (Å²) in [5, 5.41) is 7.75. The highest BCUT2D eigenvalue weighted by molar-refractivity contribution is 7.89. The van der Waals surface area contributed by atoms with Crippen LogP contribution in [-0.4, -0.2) is 50.9 Å². The van der Waals surface area contributed by atoms with Crippen molar-refractivity contribution in [3.63, 3.8) is 0 Å². The van der Waals surface area contributed by atoms with Gasteiger partial charge in [-0.15, -0.1) is 0 Å². The summed E-state index contributed by atoms with van der Waals surface area (Å²) < 4.78 is 43.4. The molecule has 2 atom stereocenters. The van der Waals surface area contributed by atoms with Crippen LogP contribution >= 0.6 is 11.6 Å². The number of hydrogen-bond donors (Lipinski definition) is 2. The van der Waals surface area contributed by atoms with Crippen molar-refractivity contribution in [2.24, 2.45) is 5.14 Å². The van der Waals surface area contributed by atoms with Gasteiger partial charge in [0.2, 0.25) is 10.0 Å². The Kier molecular flexibility index (Phi) is 9.40. The lowest BCUT2D eigenvalue weighted by Gasteiger charge is -2.16. The van der Waals surface area contributed by atoms with E-state index in [1.807, 2.05) is 0 Å². The Morgan fingerprint density at radius 1 is 1.14 bits per heavy atom. The normalized spacial score (nSPS) is 12.8. The molecule has 2 rings (SSSR count). The molecular formula is C21H23ClN2O10S. The minimum Gasteiger partial charge on any atom is -0.467 e. The van der Waals surface area contributed by atoms with Crippen LogP contribution in [0.5, 0.6) is 0 Å². The topological polar surface area (TPSA) is 181 Å². The summed E-state index contributed by atoms with van der Waals surface area (Å²) in [5.74, 6) is -3.06. The number of halogens is 1. The number of nitrogens with two attached hydrogens (primary N) is 1. The predicted octanol–water partition coefficient (Wildman–Crippen LogP) is 1.80. The second-order valence-corrected chi connectivity index (χ2v) is 9.14. The number of hydrogen-bond acceptors (Lipinski definition) is 11. The minimum atomic E-state index is -4.29. The third kappa shape index (κ3) is 8.09. The van der Waals surface area contributed by atoms with E-state index in [9.17, 15) is 27.6 Å². The minimum absolute atomic E-state index is 0.0762. The summed E-state index contributed by atoms with van der Waals surface area (Å²) in [7, 11) is -4.29. The number of furan rings is 1. The standard InChI is InChI=1S/C21H23ClN2O10S/c1-11(25)12(2)34-20(27)13(3)33-19(26)10-32-21(28)15-7-18(35(23,29)30)16(22)8-17(15)24-9-14-5-4-6-31-14/h4-8,12-13,24H,9-10H2,1-3H3,(H2,23,29,30)/t12-,13-/m0/s1. The largest absolute Gasteiger partial charge is 0.467 e. The smallest absolute Gasteiger partial charge is 0.347 e. The van der Waals surface area contributed by atoms with E-state index in [1.54, 1.807) is 12.1 Å². The van der Waals surface area contributed by atoms with Gasteiger partial charge in [0, 0.05) is 0 Å². The number of carbonyl (C=O) groups is 4. The van der Waals surface area contributed by atoms with Gasteiger partial charge >= 0.3 is 17.9 Å². The molecule has 0 aliphatic rings. The molecule has 1 aromatic carbocycles. The monoisotopic (exact) mass is 530 g/mol. The molecule has 0 saturated heterocycles. The first-order valence-electron chi connectivity index (χ1n) is 9.99. The van der Waals surface area contributed by atoms with Gasteiger partial charge in [0.15, 0.2) is 24.6 Å². The SMILES string of the molecule is CC(=O)[C@H](C)OC(=O)[C@H](C)OC(=O)COC(=O)c1cc(S(N)(=O)=O)c(Cl)cc1NCc1ccco1. The van der Waals surface area contributed by atoms with Crippen LogP contribution in [0, 0.1) is 0 Å². The zero-order valence-electron chi connectivity index (χ0n) is 18.9. The van der Waals surface area contributed by atoms with Crippen LogP contribution in [0.1, 0.15) is 36.9 Å². The zero-order chi connectivity index (χ0) is 26.3. The zero-order valence-corrected chi connectivity index (χ0v) is 20.5. The van der Waals surface area contributed by atoms with Crippen LogP contribution in [0.2, 0.25) is 5.02 Å². The molecular weight excluding hydrogens is 508 g/mol. The van der Waals surface area contributed by atoms with Crippen LogP contribution in [0.3, 0.4) is 0 Å². The van der Waals surface area contributed by atoms with Gasteiger partial charge in [-0.2, -0.15) is 0 Å². The lowest BCUT2D eigenvalue weighted by molar-refractivity contribution is -0.172. The Labute approximate surface area is 205 Å². The van der Waals surface area contributed by atoms with Crippen molar-refractivity contribution >= 4 is 51.0 Å². The summed E-state index contributed by atoms with van der Waals surface area (Å²) >= 11 is 6.01. The van der Waals surface area contributed by atoms with Crippen LogP contribution in [0.15, 0.2) is 39.8 Å². The van der Waals surface area contributed by atoms with Crippen molar-refractivity contribution in [2.75, 3.05) is 11.9 Å². The van der Waals surface area contributed by atoms with Crippen molar-refractivity contribution in [3.05, 3.63) is 46.9 Å². The summed E-state index contributed by atoms with van der Waals surface area (Å²) in [6, 6.07) is 5.36. The Balaban J connectivity index is 2.12. The lowest BCUT2D eigenvalue weighted by Crippen LogP contribution is -2.32. The van der Waals surface area contributed by atoms with Gasteiger partial charge in [0.05, 0.1) is 29.1 Å². The molecule has 0 amide bonds. The molecule has 14 heteroatoms. The number of rotatable bonds is 11. The first-order chi connectivity index (χ1) is 16.3. The van der Waals surface area contributed by atoms with E-state index in [0.717, 1.165) is 12.1 Å². The van der Waals surface area contributed by atoms with E-state index in [1.165, 1.54) is 27.0 Å². The number of carbonyl (C=O) groups excluding carboxylic acids is 4. The highest BCUT2D eigenvalue weighted by Crippen LogP contribution is 2.29. The third-order valence-corrected chi connectivity index (χ3v) is 5.83. The average Bonchev–Trinajstić information content (AvgIpc) is 3.28. The van der Waals surface area contributed by atoms with E-state index < -0.39 is 57.4 Å². The summed E-state index contributed by atoms with van der Waals surface area (Å²) in [5.41, 5.74) is -0.215. The summed E-state index contributed by atoms with van der Waals surface area (Å²) in [6.07, 6.45) is -0.962. The highest BCUT2D eigenvalue weighted by atomic mass is 35.5. The number of sulfonamides is 1. The molecule has 3 N–H and O–H groups in total. The Morgan fingerprint density at radius 2 is 1.83 bits per heavy atom. The van der Waals surface area contributed by atoms with Gasteiger partial charge in [0.1, 0.15) is 10.7 Å². The second kappa shape index (κ2) is 11.8. The first-order valence-corrected chi connectivity index (χ1v) is 11.9. The number of nitrogens with one attached hydrogen (secondary N) is 1. The van der Waals surface area contributed by atoms with Crippen LogP contribution in [-0.2, 0) is 45.2 Å². The maximum Gasteiger partial charge on any atom is 0.347 e. The fourth-order valence-electron chi connectivity index (χ4n) is 2.52. The van der Waals surface area contributed by atoms with Gasteiger partial charge in [-0.3, -0.25) is 4.79 Å². The number of ether oxygens (including phenoxy) is 3. The molecule has 35 heavy (non-hydrogen) atoms. The number of ketones is 1. The third-order valence-electron chi connectivity index (χ3n) is 4.46. The number of primary sulfonamides is 1. The molecule has 1 aromatic heterocycles. The molecule has 0 fully saturated rings. The van der Waals surface area contributed by atoms with Gasteiger partial charge < -0.3 is 23.9 Å². The van der Waals surface area contributed by atoms with Gasteiger partial charge in [-0.1, -0.05) is 11.6 Å². The number of esters is 3. The number of benzene rings is 1. The predicted molar refractivity (Wildman–Crippen MR) is 121 cm³/mol. The molecule has 12 nitrogen and oxygen atoms in total. The average molecular weight is 531 g/mol. The Bertz CT molecular complexity index is 1210. The van der Waals surface area contributed by atoms with Crippen molar-refractivity contribution in [2.45, 2.75) is 44.4 Å². The fourth-order valence-corrected chi connectivity index (χ4v) is 3.62. The maximum absolute atomic E-state index is 12.7. The van der Waals surface area contributed by atoms with Gasteiger partial charge in [-0.05, 0) is 45.0 Å². The molecule has 0 saturated carbocycles. The van der Waals surface area contributed by atoms with Crippen molar-refractivity contribution in [1.29, 1.82) is 0 Å². The summed E-state index contributed by atoms with van der Waals surface area (Å²) in [4.78, 5) is 47.2. The quantitative estimate of drug-likeness (QED) is 0.319. The molecule has 0 aliphatic heterocycles. The van der Waals surface area contributed by atoms with Crippen molar-refractivity contribution in [1.82, 2.24) is 0 Å². The molecule has 0 bridgehead atoms. The Hall–Kier alpha value is -3.42. The van der Waals surface area contributed by atoms with Crippen LogP contribution < -0.4 is 10.5 Å². The van der Waals surface area contributed by atoms with Gasteiger partial charge in [0.25, 0.3) is 0 Å². The molecule has 2 aromatic rings. The fraction of sp³-hybridized carbons (Fsp3) is 0.333. The molecule has 190 valence electrons.